The zero-order chi connectivity index (χ0) is 26.9. The molecule has 0 bridgehead atoms. The minimum atomic E-state index is -3.95. The lowest BCUT2D eigenvalue weighted by molar-refractivity contribution is 0.244. The van der Waals surface area contributed by atoms with Crippen LogP contribution in [0.3, 0.4) is 0 Å². The number of unbranched alkanes of at least 4 members (excludes halogenated alkanes) is 3. The normalized spacial score (nSPS) is 11.6. The van der Waals surface area contributed by atoms with Gasteiger partial charge in [-0.1, -0.05) is 25.0 Å². The highest BCUT2D eigenvalue weighted by atomic mass is 32.2. The molecule has 0 aromatic heterocycles. The Bertz CT molecular complexity index is 1170. The van der Waals surface area contributed by atoms with Crippen molar-refractivity contribution in [2.75, 3.05) is 13.1 Å². The monoisotopic (exact) mass is 538 g/mol. The molecule has 0 radical (unpaired) electrons. The van der Waals surface area contributed by atoms with Gasteiger partial charge in [-0.25, -0.2) is 35.9 Å². The summed E-state index contributed by atoms with van der Waals surface area (Å²) in [5.41, 5.74) is 3.13. The standard InChI is InChI=1S/C24H34N4O6S2/c1-17-11-18(2)14-21(13-17)35(31,32)27-23(29)25-9-7-5-6-8-10-26-24(30)28-36(33,34)22-15-19(3)12-20(4)16-22/h11-16H,5-10H2,1-4H3,(H2,25,27,29)(H2,26,28,30). The summed E-state index contributed by atoms with van der Waals surface area (Å²) in [5, 5.41) is 5.04. The second kappa shape index (κ2) is 12.7. The molecule has 0 heterocycles. The second-order valence-electron chi connectivity index (χ2n) is 8.78. The molecule has 0 unspecified atom stereocenters. The fourth-order valence-electron chi connectivity index (χ4n) is 3.62. The highest BCUT2D eigenvalue weighted by molar-refractivity contribution is 7.90. The molecule has 0 spiro atoms. The molecule has 2 aromatic rings. The summed E-state index contributed by atoms with van der Waals surface area (Å²) < 4.78 is 53.4. The Hall–Kier alpha value is -3.12. The number of carbonyl (C=O) groups is 2. The van der Waals surface area contributed by atoms with Crippen LogP contribution < -0.4 is 20.1 Å². The first kappa shape index (κ1) is 29.1. The highest BCUT2D eigenvalue weighted by Crippen LogP contribution is 2.15. The third-order valence-corrected chi connectivity index (χ3v) is 7.76. The van der Waals surface area contributed by atoms with Gasteiger partial charge in [0.1, 0.15) is 0 Å². The molecule has 2 aromatic carbocycles. The van der Waals surface area contributed by atoms with Gasteiger partial charge in [0, 0.05) is 13.1 Å². The van der Waals surface area contributed by atoms with E-state index in [4.69, 9.17) is 0 Å². The number of sulfonamides is 2. The van der Waals surface area contributed by atoms with Gasteiger partial charge >= 0.3 is 12.1 Å². The van der Waals surface area contributed by atoms with Crippen molar-refractivity contribution in [2.24, 2.45) is 0 Å². The number of hydrogen-bond acceptors (Lipinski definition) is 6. The summed E-state index contributed by atoms with van der Waals surface area (Å²) in [6.45, 7) is 7.70. The van der Waals surface area contributed by atoms with Crippen molar-refractivity contribution in [3.63, 3.8) is 0 Å². The molecular weight excluding hydrogens is 504 g/mol. The summed E-state index contributed by atoms with van der Waals surface area (Å²) in [6.07, 6.45) is 2.69. The van der Waals surface area contributed by atoms with Gasteiger partial charge in [-0.3, -0.25) is 0 Å². The Morgan fingerprint density at radius 1 is 0.556 bits per heavy atom. The van der Waals surface area contributed by atoms with Crippen LogP contribution in [0.4, 0.5) is 9.59 Å². The summed E-state index contributed by atoms with van der Waals surface area (Å²) in [4.78, 5) is 24.0. The number of carbonyl (C=O) groups excluding carboxylic acids is 2. The first-order valence-electron chi connectivity index (χ1n) is 11.6. The summed E-state index contributed by atoms with van der Waals surface area (Å²) in [6, 6.07) is 8.08. The van der Waals surface area contributed by atoms with Gasteiger partial charge in [-0.2, -0.15) is 0 Å². The van der Waals surface area contributed by atoms with Gasteiger partial charge in [0.15, 0.2) is 0 Å². The maximum atomic E-state index is 12.4. The van der Waals surface area contributed by atoms with Crippen LogP contribution in [0.25, 0.3) is 0 Å². The Morgan fingerprint density at radius 2 is 0.861 bits per heavy atom. The molecule has 0 aliphatic heterocycles. The molecular formula is C24H34N4O6S2. The molecule has 0 saturated carbocycles. The van der Waals surface area contributed by atoms with E-state index in [2.05, 4.69) is 10.6 Å². The SMILES string of the molecule is Cc1cc(C)cc(S(=O)(=O)NC(=O)NCCCCCCNC(=O)NS(=O)(=O)c2cc(C)cc(C)c2)c1. The smallest absolute Gasteiger partial charge is 0.328 e. The van der Waals surface area contributed by atoms with Crippen molar-refractivity contribution in [3.05, 3.63) is 58.7 Å². The molecule has 0 aliphatic rings. The highest BCUT2D eigenvalue weighted by Gasteiger charge is 2.19. The van der Waals surface area contributed by atoms with E-state index in [0.717, 1.165) is 35.1 Å². The fraction of sp³-hybridized carbons (Fsp3) is 0.417. The predicted molar refractivity (Wildman–Crippen MR) is 138 cm³/mol. The van der Waals surface area contributed by atoms with E-state index in [1.807, 2.05) is 21.6 Å². The quantitative estimate of drug-likeness (QED) is 0.323. The maximum absolute atomic E-state index is 12.4. The van der Waals surface area contributed by atoms with Crippen LogP contribution in [-0.4, -0.2) is 42.0 Å². The number of nitrogens with one attached hydrogen (secondary N) is 4. The average Bonchev–Trinajstić information content (AvgIpc) is 2.73. The first-order chi connectivity index (χ1) is 16.8. The molecule has 0 fully saturated rings. The molecule has 36 heavy (non-hydrogen) atoms. The molecule has 12 heteroatoms. The predicted octanol–water partition coefficient (Wildman–Crippen LogP) is 3.16. The molecule has 10 nitrogen and oxygen atoms in total. The van der Waals surface area contributed by atoms with E-state index < -0.39 is 32.1 Å². The van der Waals surface area contributed by atoms with E-state index in [-0.39, 0.29) is 22.9 Å². The number of aryl methyl sites for hydroxylation is 4. The Morgan fingerprint density at radius 3 is 1.17 bits per heavy atom. The zero-order valence-electron chi connectivity index (χ0n) is 21.0. The largest absolute Gasteiger partial charge is 0.337 e. The van der Waals surface area contributed by atoms with Crippen LogP contribution in [0.5, 0.6) is 0 Å². The molecule has 4 amide bonds. The summed E-state index contributed by atoms with van der Waals surface area (Å²) in [5.74, 6) is 0. The zero-order valence-corrected chi connectivity index (χ0v) is 22.6. The Labute approximate surface area is 213 Å². The van der Waals surface area contributed by atoms with Crippen molar-refractivity contribution in [2.45, 2.75) is 63.2 Å². The number of hydrogen-bond donors (Lipinski definition) is 4. The van der Waals surface area contributed by atoms with E-state index >= 15 is 0 Å². The van der Waals surface area contributed by atoms with Crippen molar-refractivity contribution in [1.82, 2.24) is 20.1 Å². The van der Waals surface area contributed by atoms with Crippen molar-refractivity contribution >= 4 is 32.1 Å². The molecule has 0 saturated heterocycles. The molecule has 0 atom stereocenters. The number of rotatable bonds is 11. The van der Waals surface area contributed by atoms with E-state index in [0.29, 0.717) is 12.8 Å². The van der Waals surface area contributed by atoms with Gasteiger partial charge in [-0.05, 0) is 87.1 Å². The van der Waals surface area contributed by atoms with Crippen molar-refractivity contribution < 1.29 is 26.4 Å². The van der Waals surface area contributed by atoms with E-state index in [9.17, 15) is 26.4 Å². The topological polar surface area (TPSA) is 151 Å². The lowest BCUT2D eigenvalue weighted by Gasteiger charge is -2.11. The van der Waals surface area contributed by atoms with E-state index in [1.54, 1.807) is 27.7 Å². The van der Waals surface area contributed by atoms with Crippen LogP contribution in [0.2, 0.25) is 0 Å². The third-order valence-electron chi connectivity index (χ3n) is 5.14. The third kappa shape index (κ3) is 9.50. The van der Waals surface area contributed by atoms with Crippen molar-refractivity contribution in [1.29, 1.82) is 0 Å². The first-order valence-corrected chi connectivity index (χ1v) is 14.5. The minimum absolute atomic E-state index is 0.0356. The fourth-order valence-corrected chi connectivity index (χ4v) is 5.85. The summed E-state index contributed by atoms with van der Waals surface area (Å²) >= 11 is 0. The van der Waals surface area contributed by atoms with Gasteiger partial charge < -0.3 is 10.6 Å². The van der Waals surface area contributed by atoms with Gasteiger partial charge in [0.25, 0.3) is 20.0 Å². The lowest BCUT2D eigenvalue weighted by atomic mass is 10.2. The molecule has 4 N–H and O–H groups in total. The second-order valence-corrected chi connectivity index (χ2v) is 12.1. The van der Waals surface area contributed by atoms with E-state index in [1.165, 1.54) is 24.3 Å². The summed E-state index contributed by atoms with van der Waals surface area (Å²) in [7, 11) is -7.91. The number of urea groups is 2. The van der Waals surface area contributed by atoms with Crippen LogP contribution in [0.1, 0.15) is 47.9 Å². The van der Waals surface area contributed by atoms with Crippen molar-refractivity contribution in [3.8, 4) is 0 Å². The number of benzene rings is 2. The Kier molecular flexibility index (Phi) is 10.3. The lowest BCUT2D eigenvalue weighted by Crippen LogP contribution is -2.40. The van der Waals surface area contributed by atoms with Crippen LogP contribution in [0, 0.1) is 27.7 Å². The minimum Gasteiger partial charge on any atom is -0.337 e. The van der Waals surface area contributed by atoms with Gasteiger partial charge in [-0.15, -0.1) is 0 Å². The van der Waals surface area contributed by atoms with Crippen LogP contribution in [0.15, 0.2) is 46.2 Å². The molecule has 0 aliphatic carbocycles. The number of amides is 4. The average molecular weight is 539 g/mol. The Balaban J connectivity index is 1.62. The van der Waals surface area contributed by atoms with Gasteiger partial charge in [0.2, 0.25) is 0 Å². The maximum Gasteiger partial charge on any atom is 0.328 e. The van der Waals surface area contributed by atoms with Gasteiger partial charge in [0.05, 0.1) is 9.79 Å². The molecule has 2 rings (SSSR count). The van der Waals surface area contributed by atoms with Crippen LogP contribution >= 0.6 is 0 Å². The molecule has 198 valence electrons. The van der Waals surface area contributed by atoms with Crippen LogP contribution in [-0.2, 0) is 20.0 Å².